The number of nitrogens with zero attached hydrogens (tertiary/aromatic N) is 1. The smallest absolute Gasteiger partial charge is 0.269 e. The van der Waals surface area contributed by atoms with E-state index in [4.69, 9.17) is 0 Å². The van der Waals surface area contributed by atoms with Crippen molar-refractivity contribution in [1.29, 1.82) is 0 Å². The van der Waals surface area contributed by atoms with Crippen LogP contribution in [0.5, 0.6) is 0 Å². The number of amides is 1. The number of fused-ring (bicyclic) bond motifs is 3. The number of hydrogen-bond donors (Lipinski definition) is 2. The summed E-state index contributed by atoms with van der Waals surface area (Å²) in [5.41, 5.74) is 6.30. The third-order valence-electron chi connectivity index (χ3n) is 5.10. The van der Waals surface area contributed by atoms with Crippen LogP contribution >= 0.6 is 0 Å². The molecule has 4 aromatic rings. The van der Waals surface area contributed by atoms with E-state index in [9.17, 15) is 18.0 Å². The van der Waals surface area contributed by atoms with E-state index in [0.717, 1.165) is 10.9 Å². The summed E-state index contributed by atoms with van der Waals surface area (Å²) in [6, 6.07) is 21.2. The number of rotatable bonds is 3. The summed E-state index contributed by atoms with van der Waals surface area (Å²) >= 11 is 0. The van der Waals surface area contributed by atoms with Crippen LogP contribution in [-0.2, 0) is 9.84 Å². The van der Waals surface area contributed by atoms with Gasteiger partial charge in [-0.2, -0.15) is 0 Å². The summed E-state index contributed by atoms with van der Waals surface area (Å²) in [5, 5.41) is 0.962. The lowest BCUT2D eigenvalue weighted by Crippen LogP contribution is -2.30. The molecular weight excluding hydrogens is 414 g/mol. The van der Waals surface area contributed by atoms with Gasteiger partial charge in [-0.25, -0.2) is 13.4 Å². The Morgan fingerprint density at radius 3 is 2.42 bits per heavy atom. The molecular formula is C23H15N3O4S. The lowest BCUT2D eigenvalue weighted by molar-refractivity contribution is 0.0960. The predicted molar refractivity (Wildman–Crippen MR) is 115 cm³/mol. The van der Waals surface area contributed by atoms with Crippen LogP contribution in [0.2, 0.25) is 0 Å². The number of para-hydroxylation sites is 1. The third-order valence-corrected chi connectivity index (χ3v) is 6.95. The van der Waals surface area contributed by atoms with Gasteiger partial charge in [-0.15, -0.1) is 0 Å². The Bertz CT molecular complexity index is 1500. The Labute approximate surface area is 177 Å². The average molecular weight is 429 g/mol. The maximum Gasteiger partial charge on any atom is 0.269 e. The second kappa shape index (κ2) is 7.03. The van der Waals surface area contributed by atoms with Gasteiger partial charge in [0.2, 0.25) is 9.84 Å². The fourth-order valence-electron chi connectivity index (χ4n) is 3.55. The minimum atomic E-state index is -3.92. The number of anilines is 1. The molecule has 2 heterocycles. The highest BCUT2D eigenvalue weighted by Gasteiger charge is 2.35. The van der Waals surface area contributed by atoms with Gasteiger partial charge in [0.25, 0.3) is 5.91 Å². The zero-order valence-corrected chi connectivity index (χ0v) is 16.8. The first kappa shape index (κ1) is 19.0. The predicted octanol–water partition coefficient (Wildman–Crippen LogP) is 3.37. The highest BCUT2D eigenvalue weighted by Crippen LogP contribution is 2.34. The molecule has 2 N–H and O–H groups in total. The van der Waals surface area contributed by atoms with Crippen molar-refractivity contribution in [1.82, 2.24) is 10.4 Å². The molecule has 1 amide bonds. The van der Waals surface area contributed by atoms with Crippen molar-refractivity contribution in [2.75, 3.05) is 5.43 Å². The molecule has 1 aliphatic heterocycles. The maximum atomic E-state index is 13.0. The minimum absolute atomic E-state index is 0.0523. The van der Waals surface area contributed by atoms with E-state index >= 15 is 0 Å². The lowest BCUT2D eigenvalue weighted by Gasteiger charge is -2.19. The number of sulfone groups is 1. The van der Waals surface area contributed by atoms with Crippen molar-refractivity contribution in [3.8, 4) is 0 Å². The van der Waals surface area contributed by atoms with Crippen LogP contribution in [0.4, 0.5) is 5.82 Å². The second-order valence-electron chi connectivity index (χ2n) is 7.01. The molecule has 0 unspecified atom stereocenters. The number of hydrogen-bond acceptors (Lipinski definition) is 6. The van der Waals surface area contributed by atoms with Crippen molar-refractivity contribution >= 4 is 38.2 Å². The molecule has 31 heavy (non-hydrogen) atoms. The zero-order chi connectivity index (χ0) is 21.6. The van der Waals surface area contributed by atoms with Gasteiger partial charge >= 0.3 is 0 Å². The molecule has 3 aromatic carbocycles. The van der Waals surface area contributed by atoms with E-state index in [2.05, 4.69) is 15.8 Å². The Morgan fingerprint density at radius 2 is 1.55 bits per heavy atom. The summed E-state index contributed by atoms with van der Waals surface area (Å²) in [6.45, 7) is 0. The number of aromatic nitrogens is 1. The van der Waals surface area contributed by atoms with Gasteiger partial charge in [-0.3, -0.25) is 20.4 Å². The Kier molecular flexibility index (Phi) is 4.30. The Hall–Kier alpha value is -4.04. The van der Waals surface area contributed by atoms with Crippen molar-refractivity contribution in [3.05, 3.63) is 95.6 Å². The van der Waals surface area contributed by atoms with Gasteiger partial charge in [0.15, 0.2) is 5.78 Å². The molecule has 0 spiro atoms. The number of ketones is 1. The van der Waals surface area contributed by atoms with Crippen molar-refractivity contribution in [2.45, 2.75) is 9.79 Å². The molecule has 1 aromatic heterocycles. The van der Waals surface area contributed by atoms with Crippen LogP contribution in [0, 0.1) is 0 Å². The lowest BCUT2D eigenvalue weighted by atomic mass is 10.0. The fourth-order valence-corrected chi connectivity index (χ4v) is 5.23. The first-order valence-corrected chi connectivity index (χ1v) is 10.9. The van der Waals surface area contributed by atoms with Gasteiger partial charge in [-0.1, -0.05) is 30.3 Å². The Morgan fingerprint density at radius 1 is 0.806 bits per heavy atom. The second-order valence-corrected chi connectivity index (χ2v) is 8.89. The number of carbonyl (C=O) groups excluding carboxylic acids is 2. The quantitative estimate of drug-likeness (QED) is 0.426. The average Bonchev–Trinajstić information content (AvgIpc) is 2.81. The molecule has 0 saturated carbocycles. The van der Waals surface area contributed by atoms with E-state index in [-0.39, 0.29) is 32.3 Å². The molecule has 5 rings (SSSR count). The summed E-state index contributed by atoms with van der Waals surface area (Å²) in [6.07, 6.45) is 0. The molecule has 0 fully saturated rings. The maximum absolute atomic E-state index is 13.0. The molecule has 152 valence electrons. The fraction of sp³-hybridized carbons (Fsp3) is 0. The highest BCUT2D eigenvalue weighted by atomic mass is 32.2. The first-order valence-electron chi connectivity index (χ1n) is 9.40. The van der Waals surface area contributed by atoms with Gasteiger partial charge in [-0.05, 0) is 48.5 Å². The summed E-state index contributed by atoms with van der Waals surface area (Å²) in [5.74, 6) is -0.508. The normalized spacial score (nSPS) is 13.9. The largest absolute Gasteiger partial charge is 0.289 e. The van der Waals surface area contributed by atoms with E-state index in [0.29, 0.717) is 5.82 Å². The topological polar surface area (TPSA) is 105 Å². The zero-order valence-electron chi connectivity index (χ0n) is 16.0. The third kappa shape index (κ3) is 3.13. The van der Waals surface area contributed by atoms with Crippen LogP contribution in [0.25, 0.3) is 10.9 Å². The van der Waals surface area contributed by atoms with Crippen LogP contribution in [0.1, 0.15) is 26.3 Å². The first-order chi connectivity index (χ1) is 14.9. The molecule has 0 atom stereocenters. The van der Waals surface area contributed by atoms with E-state index in [1.165, 1.54) is 30.3 Å². The van der Waals surface area contributed by atoms with Gasteiger partial charge in [0.05, 0.1) is 15.3 Å². The SMILES string of the molecule is O=C(NNc1ccc2ccccc2n1)c1ccc2c(c1)S(=O)(=O)c1ccccc1C2=O. The molecule has 0 bridgehead atoms. The van der Waals surface area contributed by atoms with Crippen LogP contribution in [0.3, 0.4) is 0 Å². The molecule has 0 saturated heterocycles. The van der Waals surface area contributed by atoms with E-state index in [1.54, 1.807) is 18.2 Å². The summed E-state index contributed by atoms with van der Waals surface area (Å²) < 4.78 is 26.0. The number of pyridine rings is 1. The minimum Gasteiger partial charge on any atom is -0.289 e. The standard InChI is InChI=1S/C23H15N3O4S/c27-22-16-6-2-4-8-19(16)31(29,30)20-13-15(9-11-17(20)22)23(28)26-25-21-12-10-14-5-1-3-7-18(14)24-21/h1-13H,(H,24,25)(H,26,28). The monoisotopic (exact) mass is 429 g/mol. The van der Waals surface area contributed by atoms with Crippen LogP contribution in [0.15, 0.2) is 88.7 Å². The molecule has 0 radical (unpaired) electrons. The summed E-state index contributed by atoms with van der Waals surface area (Å²) in [4.78, 5) is 29.5. The van der Waals surface area contributed by atoms with Gasteiger partial charge in [0.1, 0.15) is 5.82 Å². The highest BCUT2D eigenvalue weighted by molar-refractivity contribution is 7.91. The molecule has 0 aliphatic carbocycles. The van der Waals surface area contributed by atoms with E-state index in [1.807, 2.05) is 30.3 Å². The molecule has 8 heteroatoms. The number of carbonyl (C=O) groups is 2. The van der Waals surface area contributed by atoms with Crippen molar-refractivity contribution in [2.24, 2.45) is 0 Å². The van der Waals surface area contributed by atoms with Crippen molar-refractivity contribution in [3.63, 3.8) is 0 Å². The number of nitrogens with one attached hydrogen (secondary N) is 2. The number of hydrazine groups is 1. The summed E-state index contributed by atoms with van der Waals surface area (Å²) in [7, 11) is -3.92. The Balaban J connectivity index is 1.43. The van der Waals surface area contributed by atoms with Gasteiger partial charge in [0, 0.05) is 22.1 Å². The van der Waals surface area contributed by atoms with Gasteiger partial charge < -0.3 is 0 Å². The molecule has 7 nitrogen and oxygen atoms in total. The van der Waals surface area contributed by atoms with Crippen LogP contribution in [-0.4, -0.2) is 25.1 Å². The van der Waals surface area contributed by atoms with E-state index < -0.39 is 15.7 Å². The van der Waals surface area contributed by atoms with Crippen LogP contribution < -0.4 is 10.9 Å². The molecule has 1 aliphatic rings. The number of benzene rings is 3. The van der Waals surface area contributed by atoms with Crippen molar-refractivity contribution < 1.29 is 18.0 Å².